The average Bonchev–Trinajstić information content (AvgIpc) is 2.29. The second kappa shape index (κ2) is 6.30. The van der Waals surface area contributed by atoms with Crippen LogP contribution in [0.3, 0.4) is 0 Å². The first kappa shape index (κ1) is 14.4. The van der Waals surface area contributed by atoms with Crippen LogP contribution in [0, 0.1) is 5.92 Å². The van der Waals surface area contributed by atoms with Crippen molar-refractivity contribution in [3.63, 3.8) is 0 Å². The topological polar surface area (TPSA) is 77.1 Å². The largest absolute Gasteiger partial charge is 0.389 e. The molecule has 1 amide bonds. The van der Waals surface area contributed by atoms with Crippen molar-refractivity contribution in [2.24, 2.45) is 11.7 Å². The summed E-state index contributed by atoms with van der Waals surface area (Å²) in [6.45, 7) is 4.56. The molecule has 0 radical (unpaired) electrons. The van der Waals surface area contributed by atoms with Gasteiger partial charge >= 0.3 is 0 Å². The number of aromatic nitrogens is 1. The Morgan fingerprint density at radius 2 is 2.22 bits per heavy atom. The Morgan fingerprint density at radius 3 is 2.78 bits per heavy atom. The van der Waals surface area contributed by atoms with Crippen molar-refractivity contribution in [2.75, 3.05) is 6.54 Å². The number of rotatable bonds is 5. The zero-order chi connectivity index (χ0) is 13.7. The number of nitrogens with zero attached hydrogens (tertiary/aromatic N) is 1. The Morgan fingerprint density at radius 1 is 1.56 bits per heavy atom. The Hall–Kier alpha value is -1.69. The van der Waals surface area contributed by atoms with E-state index in [4.69, 9.17) is 18.0 Å². The van der Waals surface area contributed by atoms with E-state index < -0.39 is 0 Å². The Balaban J connectivity index is 2.80. The molecule has 3 N–H and O–H groups in total. The van der Waals surface area contributed by atoms with Crippen LogP contribution in [0.5, 0.6) is 0 Å². The SMILES string of the molecule is CC(C)CNC(=O)Cn1cccc(C(N)=S)c1=O. The highest BCUT2D eigenvalue weighted by Crippen LogP contribution is 1.93. The molecule has 0 unspecified atom stereocenters. The van der Waals surface area contributed by atoms with Crippen LogP contribution in [0.1, 0.15) is 19.4 Å². The summed E-state index contributed by atoms with van der Waals surface area (Å²) >= 11 is 4.77. The van der Waals surface area contributed by atoms with E-state index in [-0.39, 0.29) is 28.6 Å². The highest BCUT2D eigenvalue weighted by molar-refractivity contribution is 7.80. The maximum Gasteiger partial charge on any atom is 0.261 e. The van der Waals surface area contributed by atoms with Gasteiger partial charge in [0.05, 0.1) is 5.56 Å². The average molecular weight is 267 g/mol. The quantitative estimate of drug-likeness (QED) is 0.750. The summed E-state index contributed by atoms with van der Waals surface area (Å²) in [5.41, 5.74) is 5.34. The molecule has 98 valence electrons. The van der Waals surface area contributed by atoms with E-state index in [0.717, 1.165) is 0 Å². The van der Waals surface area contributed by atoms with Crippen molar-refractivity contribution in [3.8, 4) is 0 Å². The van der Waals surface area contributed by atoms with Gasteiger partial charge in [-0.15, -0.1) is 0 Å². The van der Waals surface area contributed by atoms with E-state index in [1.807, 2.05) is 13.8 Å². The predicted octanol–water partition coefficient (Wildman–Crippen LogP) is 0.255. The number of pyridine rings is 1. The standard InChI is InChI=1S/C12H17N3O2S/c1-8(2)6-14-10(16)7-15-5-3-4-9(11(13)18)12(15)17/h3-5,8H,6-7H2,1-2H3,(H2,13,18)(H,14,16). The highest BCUT2D eigenvalue weighted by atomic mass is 32.1. The lowest BCUT2D eigenvalue weighted by molar-refractivity contribution is -0.121. The van der Waals surface area contributed by atoms with Gasteiger partial charge in [0.1, 0.15) is 11.5 Å². The van der Waals surface area contributed by atoms with Crippen LogP contribution in [0.2, 0.25) is 0 Å². The summed E-state index contributed by atoms with van der Waals surface area (Å²) in [7, 11) is 0. The first-order valence-corrected chi connectivity index (χ1v) is 6.08. The molecule has 1 aromatic rings. The molecule has 1 aromatic heterocycles. The highest BCUT2D eigenvalue weighted by Gasteiger charge is 2.08. The van der Waals surface area contributed by atoms with E-state index in [2.05, 4.69) is 5.32 Å². The van der Waals surface area contributed by atoms with Gasteiger partial charge in [-0.1, -0.05) is 26.1 Å². The molecule has 0 bridgehead atoms. The molecule has 0 atom stereocenters. The van der Waals surface area contributed by atoms with Gasteiger partial charge in [-0.05, 0) is 18.1 Å². The Kier molecular flexibility index (Phi) is 5.03. The lowest BCUT2D eigenvalue weighted by atomic mass is 10.2. The molecule has 0 saturated heterocycles. The first-order valence-electron chi connectivity index (χ1n) is 5.67. The van der Waals surface area contributed by atoms with Gasteiger partial charge in [0.25, 0.3) is 5.56 Å². The third kappa shape index (κ3) is 3.96. The van der Waals surface area contributed by atoms with E-state index in [9.17, 15) is 9.59 Å². The van der Waals surface area contributed by atoms with Crippen molar-refractivity contribution in [1.82, 2.24) is 9.88 Å². The van der Waals surface area contributed by atoms with Crippen LogP contribution >= 0.6 is 12.2 Å². The summed E-state index contributed by atoms with van der Waals surface area (Å²) in [4.78, 5) is 23.6. The molecule has 0 spiro atoms. The minimum absolute atomic E-state index is 0.0258. The zero-order valence-electron chi connectivity index (χ0n) is 10.5. The van der Waals surface area contributed by atoms with Gasteiger partial charge in [-0.2, -0.15) is 0 Å². The smallest absolute Gasteiger partial charge is 0.261 e. The molecule has 0 saturated carbocycles. The molecule has 1 heterocycles. The van der Waals surface area contributed by atoms with E-state index >= 15 is 0 Å². The van der Waals surface area contributed by atoms with Gasteiger partial charge in [0.15, 0.2) is 0 Å². The molecular formula is C12H17N3O2S. The van der Waals surface area contributed by atoms with Crippen LogP contribution in [-0.4, -0.2) is 22.0 Å². The molecular weight excluding hydrogens is 250 g/mol. The van der Waals surface area contributed by atoms with Crippen LogP contribution < -0.4 is 16.6 Å². The number of thiocarbonyl (C=S) groups is 1. The van der Waals surface area contributed by atoms with Crippen molar-refractivity contribution in [1.29, 1.82) is 0 Å². The lowest BCUT2D eigenvalue weighted by Gasteiger charge is -2.09. The first-order chi connectivity index (χ1) is 8.41. The molecule has 0 aliphatic rings. The van der Waals surface area contributed by atoms with Crippen molar-refractivity contribution in [3.05, 3.63) is 34.2 Å². The van der Waals surface area contributed by atoms with Crippen LogP contribution in [0.4, 0.5) is 0 Å². The van der Waals surface area contributed by atoms with Gasteiger partial charge in [-0.3, -0.25) is 9.59 Å². The van der Waals surface area contributed by atoms with Crippen molar-refractivity contribution in [2.45, 2.75) is 20.4 Å². The van der Waals surface area contributed by atoms with E-state index in [1.165, 1.54) is 4.57 Å². The summed E-state index contributed by atoms with van der Waals surface area (Å²) in [6, 6.07) is 3.19. The monoisotopic (exact) mass is 267 g/mol. The maximum atomic E-state index is 11.9. The number of carbonyl (C=O) groups excluding carboxylic acids is 1. The van der Waals surface area contributed by atoms with Crippen molar-refractivity contribution >= 4 is 23.1 Å². The number of carbonyl (C=O) groups is 1. The fraction of sp³-hybridized carbons (Fsp3) is 0.417. The van der Waals surface area contributed by atoms with Gasteiger partial charge in [0, 0.05) is 12.7 Å². The fourth-order valence-electron chi connectivity index (χ4n) is 1.38. The normalized spacial score (nSPS) is 10.4. The number of hydrogen-bond acceptors (Lipinski definition) is 3. The van der Waals surface area contributed by atoms with E-state index in [1.54, 1.807) is 18.3 Å². The molecule has 0 fully saturated rings. The van der Waals surface area contributed by atoms with Gasteiger partial charge in [0.2, 0.25) is 5.91 Å². The maximum absolute atomic E-state index is 11.9. The Labute approximate surface area is 111 Å². The molecule has 5 nitrogen and oxygen atoms in total. The van der Waals surface area contributed by atoms with Gasteiger partial charge in [-0.25, -0.2) is 0 Å². The second-order valence-corrected chi connectivity index (χ2v) is 4.86. The van der Waals surface area contributed by atoms with E-state index in [0.29, 0.717) is 12.5 Å². The second-order valence-electron chi connectivity index (χ2n) is 4.42. The predicted molar refractivity (Wildman–Crippen MR) is 74.4 cm³/mol. The lowest BCUT2D eigenvalue weighted by Crippen LogP contribution is -2.36. The molecule has 0 aliphatic carbocycles. The minimum Gasteiger partial charge on any atom is -0.389 e. The Bertz CT molecular complexity index is 508. The third-order valence-electron chi connectivity index (χ3n) is 2.31. The molecule has 0 aliphatic heterocycles. The number of hydrogen-bond donors (Lipinski definition) is 2. The molecule has 18 heavy (non-hydrogen) atoms. The summed E-state index contributed by atoms with van der Waals surface area (Å²) < 4.78 is 1.30. The molecule has 0 aromatic carbocycles. The number of nitrogens with one attached hydrogen (secondary N) is 1. The summed E-state index contributed by atoms with van der Waals surface area (Å²) in [5.74, 6) is 0.166. The van der Waals surface area contributed by atoms with Crippen LogP contribution in [0.15, 0.2) is 23.1 Å². The molecule has 6 heteroatoms. The zero-order valence-corrected chi connectivity index (χ0v) is 11.3. The van der Waals surface area contributed by atoms with Gasteiger partial charge < -0.3 is 15.6 Å². The number of amides is 1. The molecule has 1 rings (SSSR count). The number of nitrogens with two attached hydrogens (primary N) is 1. The van der Waals surface area contributed by atoms with Crippen LogP contribution in [-0.2, 0) is 11.3 Å². The third-order valence-corrected chi connectivity index (χ3v) is 2.53. The minimum atomic E-state index is -0.343. The van der Waals surface area contributed by atoms with Crippen LogP contribution in [0.25, 0.3) is 0 Å². The fourth-order valence-corrected chi connectivity index (χ4v) is 1.53. The van der Waals surface area contributed by atoms with Crippen molar-refractivity contribution < 1.29 is 4.79 Å². The summed E-state index contributed by atoms with van der Waals surface area (Å²) in [5, 5.41) is 2.74. The summed E-state index contributed by atoms with van der Waals surface area (Å²) in [6.07, 6.45) is 1.54.